The lowest BCUT2D eigenvalue weighted by atomic mass is 9.97. The molecule has 4 heteroatoms. The first-order chi connectivity index (χ1) is 7.08. The largest absolute Gasteiger partial charge is 0.478 e. The fourth-order valence-electron chi connectivity index (χ4n) is 1.66. The van der Waals surface area contributed by atoms with Crippen molar-refractivity contribution in [2.45, 2.75) is 19.4 Å². The molecule has 1 heterocycles. The number of carbonyl (C=O) groups is 2. The first kappa shape index (κ1) is 9.71. The van der Waals surface area contributed by atoms with E-state index in [9.17, 15) is 9.59 Å². The average molecular weight is 206 g/mol. The molecule has 1 atom stereocenters. The number of aryl methyl sites for hydroxylation is 1. The van der Waals surface area contributed by atoms with Crippen molar-refractivity contribution in [2.24, 2.45) is 0 Å². The number of carbonyl (C=O) groups excluding carboxylic acids is 1. The molecule has 0 radical (unpaired) electrons. The number of hydrogen-bond donors (Lipinski definition) is 1. The van der Waals surface area contributed by atoms with Crippen LogP contribution in [-0.2, 0) is 16.0 Å². The van der Waals surface area contributed by atoms with Crippen LogP contribution in [0, 0.1) is 6.92 Å². The van der Waals surface area contributed by atoms with Gasteiger partial charge in [0.05, 0.1) is 5.56 Å². The molecule has 0 bridgehead atoms. The fraction of sp³-hybridized carbons (Fsp3) is 0.273. The lowest BCUT2D eigenvalue weighted by Gasteiger charge is -2.21. The number of aliphatic carboxylic acids is 1. The van der Waals surface area contributed by atoms with Gasteiger partial charge in [-0.05, 0) is 18.6 Å². The highest BCUT2D eigenvalue weighted by atomic mass is 16.6. The fourth-order valence-corrected chi connectivity index (χ4v) is 1.66. The summed E-state index contributed by atoms with van der Waals surface area (Å²) in [6.07, 6.45) is -0.801. The third-order valence-electron chi connectivity index (χ3n) is 2.41. The van der Waals surface area contributed by atoms with Crippen LogP contribution in [0.3, 0.4) is 0 Å². The van der Waals surface area contributed by atoms with E-state index in [1.807, 2.05) is 13.0 Å². The van der Waals surface area contributed by atoms with E-state index in [-0.39, 0.29) is 6.42 Å². The topological polar surface area (TPSA) is 63.6 Å². The predicted octanol–water partition coefficient (Wildman–Crippen LogP) is 1.16. The number of carboxylic acids is 1. The Bertz CT molecular complexity index is 436. The molecule has 0 saturated carbocycles. The molecule has 0 fully saturated rings. The van der Waals surface area contributed by atoms with Crippen LogP contribution in [0.5, 0.6) is 0 Å². The summed E-state index contributed by atoms with van der Waals surface area (Å²) in [5.41, 5.74) is 2.23. The standard InChI is InChI=1S/C11H10O4/c1-6-2-3-8-7(4-6)5-9(10(12)13)15-11(8)14/h2-4,9H,5H2,1H3,(H,12,13). The lowest BCUT2D eigenvalue weighted by molar-refractivity contribution is -0.147. The molecule has 1 unspecified atom stereocenters. The van der Waals surface area contributed by atoms with Crippen molar-refractivity contribution in [3.8, 4) is 0 Å². The van der Waals surface area contributed by atoms with Gasteiger partial charge in [-0.3, -0.25) is 0 Å². The van der Waals surface area contributed by atoms with E-state index in [0.717, 1.165) is 11.1 Å². The zero-order valence-electron chi connectivity index (χ0n) is 8.19. The minimum absolute atomic E-state index is 0.248. The molecule has 0 amide bonds. The van der Waals surface area contributed by atoms with Crippen LogP contribution in [0.25, 0.3) is 0 Å². The Morgan fingerprint density at radius 3 is 2.93 bits per heavy atom. The molecule has 2 rings (SSSR count). The van der Waals surface area contributed by atoms with Gasteiger partial charge in [-0.1, -0.05) is 17.7 Å². The summed E-state index contributed by atoms with van der Waals surface area (Å²) in [5.74, 6) is -1.65. The number of rotatable bonds is 1. The quantitative estimate of drug-likeness (QED) is 0.700. The minimum Gasteiger partial charge on any atom is -0.478 e. The molecule has 1 aromatic carbocycles. The zero-order chi connectivity index (χ0) is 11.0. The molecular weight excluding hydrogens is 196 g/mol. The Hall–Kier alpha value is -1.84. The second-order valence-electron chi connectivity index (χ2n) is 3.60. The van der Waals surface area contributed by atoms with Crippen LogP contribution >= 0.6 is 0 Å². The van der Waals surface area contributed by atoms with Gasteiger partial charge in [-0.25, -0.2) is 9.59 Å². The number of carboxylic acid groups (broad SMARTS) is 1. The number of esters is 1. The molecule has 1 aliphatic heterocycles. The van der Waals surface area contributed by atoms with E-state index in [2.05, 4.69) is 0 Å². The Kier molecular flexibility index (Phi) is 2.19. The molecule has 0 aliphatic carbocycles. The second-order valence-corrected chi connectivity index (χ2v) is 3.60. The van der Waals surface area contributed by atoms with Gasteiger partial charge >= 0.3 is 11.9 Å². The second kappa shape index (κ2) is 3.38. The molecule has 0 saturated heterocycles. The molecule has 1 N–H and O–H groups in total. The molecule has 15 heavy (non-hydrogen) atoms. The Morgan fingerprint density at radius 1 is 1.53 bits per heavy atom. The van der Waals surface area contributed by atoms with Gasteiger partial charge < -0.3 is 9.84 Å². The van der Waals surface area contributed by atoms with Crippen molar-refractivity contribution in [3.63, 3.8) is 0 Å². The summed E-state index contributed by atoms with van der Waals surface area (Å²) in [5, 5.41) is 8.77. The summed E-state index contributed by atoms with van der Waals surface area (Å²) in [4.78, 5) is 22.1. The van der Waals surface area contributed by atoms with Crippen LogP contribution in [0.15, 0.2) is 18.2 Å². The number of benzene rings is 1. The van der Waals surface area contributed by atoms with E-state index in [4.69, 9.17) is 9.84 Å². The predicted molar refractivity (Wildman–Crippen MR) is 51.7 cm³/mol. The first-order valence-electron chi connectivity index (χ1n) is 4.61. The van der Waals surface area contributed by atoms with Crippen LogP contribution in [-0.4, -0.2) is 23.1 Å². The van der Waals surface area contributed by atoms with Crippen molar-refractivity contribution < 1.29 is 19.4 Å². The van der Waals surface area contributed by atoms with Crippen LogP contribution in [0.1, 0.15) is 21.5 Å². The molecule has 1 aromatic rings. The summed E-state index contributed by atoms with van der Waals surface area (Å²) >= 11 is 0. The normalized spacial score (nSPS) is 19.3. The minimum atomic E-state index is -1.10. The van der Waals surface area contributed by atoms with Gasteiger partial charge in [-0.2, -0.15) is 0 Å². The Morgan fingerprint density at radius 2 is 2.27 bits per heavy atom. The summed E-state index contributed by atoms with van der Waals surface area (Å²) in [7, 11) is 0. The number of hydrogen-bond acceptors (Lipinski definition) is 3. The van der Waals surface area contributed by atoms with Crippen LogP contribution < -0.4 is 0 Å². The maximum Gasteiger partial charge on any atom is 0.345 e. The first-order valence-corrected chi connectivity index (χ1v) is 4.61. The van der Waals surface area contributed by atoms with Gasteiger partial charge in [0.1, 0.15) is 0 Å². The van der Waals surface area contributed by atoms with E-state index < -0.39 is 18.0 Å². The smallest absolute Gasteiger partial charge is 0.345 e. The van der Waals surface area contributed by atoms with Crippen molar-refractivity contribution in [1.82, 2.24) is 0 Å². The number of cyclic esters (lactones) is 1. The molecule has 78 valence electrons. The monoisotopic (exact) mass is 206 g/mol. The maximum atomic E-state index is 11.4. The van der Waals surface area contributed by atoms with Gasteiger partial charge in [0.2, 0.25) is 6.10 Å². The van der Waals surface area contributed by atoms with Gasteiger partial charge in [0, 0.05) is 6.42 Å². The summed E-state index contributed by atoms with van der Waals surface area (Å²) < 4.78 is 4.78. The van der Waals surface area contributed by atoms with Crippen LogP contribution in [0.2, 0.25) is 0 Å². The lowest BCUT2D eigenvalue weighted by Crippen LogP contribution is -2.34. The average Bonchev–Trinajstić information content (AvgIpc) is 2.16. The maximum absolute atomic E-state index is 11.4. The SMILES string of the molecule is Cc1ccc2c(c1)CC(C(=O)O)OC2=O. The number of ether oxygens (including phenoxy) is 1. The van der Waals surface area contributed by atoms with Crippen molar-refractivity contribution >= 4 is 11.9 Å². The van der Waals surface area contributed by atoms with Gasteiger partial charge in [-0.15, -0.1) is 0 Å². The molecule has 0 spiro atoms. The highest BCUT2D eigenvalue weighted by molar-refractivity contribution is 5.94. The van der Waals surface area contributed by atoms with Gasteiger partial charge in [0.15, 0.2) is 0 Å². The third kappa shape index (κ3) is 1.70. The van der Waals surface area contributed by atoms with Crippen molar-refractivity contribution in [2.75, 3.05) is 0 Å². The van der Waals surface area contributed by atoms with E-state index in [0.29, 0.717) is 5.56 Å². The Balaban J connectivity index is 2.41. The third-order valence-corrected chi connectivity index (χ3v) is 2.41. The van der Waals surface area contributed by atoms with Crippen molar-refractivity contribution in [3.05, 3.63) is 34.9 Å². The number of fused-ring (bicyclic) bond motifs is 1. The summed E-state index contributed by atoms with van der Waals surface area (Å²) in [6.45, 7) is 1.90. The molecule has 4 nitrogen and oxygen atoms in total. The van der Waals surface area contributed by atoms with E-state index in [1.165, 1.54) is 0 Å². The molecule has 1 aliphatic rings. The van der Waals surface area contributed by atoms with E-state index >= 15 is 0 Å². The zero-order valence-corrected chi connectivity index (χ0v) is 8.19. The highest BCUT2D eigenvalue weighted by Gasteiger charge is 2.30. The van der Waals surface area contributed by atoms with E-state index in [1.54, 1.807) is 12.1 Å². The molecule has 0 aromatic heterocycles. The summed E-state index contributed by atoms with van der Waals surface area (Å²) in [6, 6.07) is 5.30. The Labute approximate surface area is 86.5 Å². The molecular formula is C11H10O4. The van der Waals surface area contributed by atoms with Gasteiger partial charge in [0.25, 0.3) is 0 Å². The van der Waals surface area contributed by atoms with Crippen molar-refractivity contribution in [1.29, 1.82) is 0 Å². The highest BCUT2D eigenvalue weighted by Crippen LogP contribution is 2.21. The van der Waals surface area contributed by atoms with Crippen LogP contribution in [0.4, 0.5) is 0 Å².